The quantitative estimate of drug-likeness (QED) is 0.849. The minimum Gasteiger partial charge on any atom is -0.382 e. The molecule has 0 aliphatic carbocycles. The van der Waals surface area contributed by atoms with E-state index in [0.717, 1.165) is 10.3 Å². The van der Waals surface area contributed by atoms with Crippen LogP contribution < -0.4 is 5.32 Å². The number of ether oxygens (including phenoxy) is 2. The van der Waals surface area contributed by atoms with E-state index in [1.54, 1.807) is 20.4 Å². The van der Waals surface area contributed by atoms with Gasteiger partial charge in [-0.05, 0) is 15.9 Å². The molecule has 1 unspecified atom stereocenters. The highest BCUT2D eigenvalue weighted by Crippen LogP contribution is 2.16. The van der Waals surface area contributed by atoms with Crippen molar-refractivity contribution in [3.05, 3.63) is 17.0 Å². The molecule has 1 atom stereocenters. The average molecular weight is 276 g/mol. The second-order valence-electron chi connectivity index (χ2n) is 2.91. The molecule has 0 aliphatic heterocycles. The molecule has 15 heavy (non-hydrogen) atoms. The van der Waals surface area contributed by atoms with E-state index in [1.165, 1.54) is 6.33 Å². The van der Waals surface area contributed by atoms with Gasteiger partial charge in [0.2, 0.25) is 0 Å². The number of hydrogen-bond acceptors (Lipinski definition) is 5. The summed E-state index contributed by atoms with van der Waals surface area (Å²) in [6.45, 7) is 1.19. The fourth-order valence-corrected chi connectivity index (χ4v) is 1.41. The van der Waals surface area contributed by atoms with E-state index in [0.29, 0.717) is 13.2 Å². The third-order valence-electron chi connectivity index (χ3n) is 1.85. The molecule has 0 amide bonds. The SMILES string of the molecule is COCC(CNc1ncncc1Br)OC. The lowest BCUT2D eigenvalue weighted by Crippen LogP contribution is -2.27. The highest BCUT2D eigenvalue weighted by Gasteiger charge is 2.07. The van der Waals surface area contributed by atoms with Crippen LogP contribution in [0.1, 0.15) is 0 Å². The predicted molar refractivity (Wildman–Crippen MR) is 60.9 cm³/mol. The van der Waals surface area contributed by atoms with Crippen LogP contribution in [0.3, 0.4) is 0 Å². The molecule has 1 aromatic heterocycles. The third-order valence-corrected chi connectivity index (χ3v) is 2.43. The molecule has 0 aliphatic rings. The number of methoxy groups -OCH3 is 2. The first-order valence-corrected chi connectivity index (χ1v) is 5.28. The summed E-state index contributed by atoms with van der Waals surface area (Å²) in [5.41, 5.74) is 0. The molecule has 1 heterocycles. The van der Waals surface area contributed by atoms with E-state index in [4.69, 9.17) is 9.47 Å². The topological polar surface area (TPSA) is 56.3 Å². The van der Waals surface area contributed by atoms with Gasteiger partial charge in [0.05, 0.1) is 17.2 Å². The highest BCUT2D eigenvalue weighted by molar-refractivity contribution is 9.10. The second kappa shape index (κ2) is 6.71. The molecule has 1 N–H and O–H groups in total. The van der Waals surface area contributed by atoms with Crippen molar-refractivity contribution in [3.8, 4) is 0 Å². The van der Waals surface area contributed by atoms with E-state index < -0.39 is 0 Å². The van der Waals surface area contributed by atoms with Crippen molar-refractivity contribution in [2.45, 2.75) is 6.10 Å². The molecule has 0 spiro atoms. The fourth-order valence-electron chi connectivity index (χ4n) is 1.05. The van der Waals surface area contributed by atoms with Crippen molar-refractivity contribution in [1.82, 2.24) is 9.97 Å². The van der Waals surface area contributed by atoms with Crippen LogP contribution >= 0.6 is 15.9 Å². The van der Waals surface area contributed by atoms with Gasteiger partial charge in [0, 0.05) is 27.0 Å². The van der Waals surface area contributed by atoms with E-state index in [2.05, 4.69) is 31.2 Å². The van der Waals surface area contributed by atoms with Gasteiger partial charge in [0.1, 0.15) is 12.1 Å². The first-order chi connectivity index (χ1) is 7.27. The maximum absolute atomic E-state index is 5.21. The van der Waals surface area contributed by atoms with E-state index >= 15 is 0 Å². The lowest BCUT2D eigenvalue weighted by Gasteiger charge is -2.15. The van der Waals surface area contributed by atoms with Crippen LogP contribution in [0.15, 0.2) is 17.0 Å². The van der Waals surface area contributed by atoms with Crippen molar-refractivity contribution in [3.63, 3.8) is 0 Å². The smallest absolute Gasteiger partial charge is 0.143 e. The first-order valence-electron chi connectivity index (χ1n) is 4.49. The van der Waals surface area contributed by atoms with Gasteiger partial charge in [-0.2, -0.15) is 0 Å². The summed E-state index contributed by atoms with van der Waals surface area (Å²) in [7, 11) is 3.30. The Morgan fingerprint density at radius 3 is 2.93 bits per heavy atom. The fraction of sp³-hybridized carbons (Fsp3) is 0.556. The third kappa shape index (κ3) is 4.11. The van der Waals surface area contributed by atoms with Crippen molar-refractivity contribution >= 4 is 21.7 Å². The normalized spacial score (nSPS) is 12.5. The summed E-state index contributed by atoms with van der Waals surface area (Å²) in [5.74, 6) is 0.753. The molecule has 0 fully saturated rings. The van der Waals surface area contributed by atoms with E-state index in [-0.39, 0.29) is 6.10 Å². The molecular weight excluding hydrogens is 262 g/mol. The van der Waals surface area contributed by atoms with Gasteiger partial charge in [0.25, 0.3) is 0 Å². The molecule has 6 heteroatoms. The standard InChI is InChI=1S/C9H14BrN3O2/c1-14-5-7(15-2)3-12-9-8(10)4-11-6-13-9/h4,6-7H,3,5H2,1-2H3,(H,11,12,13). The zero-order valence-corrected chi connectivity index (χ0v) is 10.3. The molecule has 0 bridgehead atoms. The van der Waals surface area contributed by atoms with Gasteiger partial charge in [-0.15, -0.1) is 0 Å². The highest BCUT2D eigenvalue weighted by atomic mass is 79.9. The minimum absolute atomic E-state index is 0.0110. The Balaban J connectivity index is 2.45. The zero-order chi connectivity index (χ0) is 11.1. The van der Waals surface area contributed by atoms with Gasteiger partial charge < -0.3 is 14.8 Å². The summed E-state index contributed by atoms with van der Waals surface area (Å²) in [5, 5.41) is 3.15. The predicted octanol–water partition coefficient (Wildman–Crippen LogP) is 1.31. The Labute approximate surface area is 97.3 Å². The van der Waals surface area contributed by atoms with Gasteiger partial charge in [0.15, 0.2) is 0 Å². The molecule has 1 aromatic rings. The van der Waals surface area contributed by atoms with E-state index in [9.17, 15) is 0 Å². The largest absolute Gasteiger partial charge is 0.382 e. The first kappa shape index (κ1) is 12.4. The second-order valence-corrected chi connectivity index (χ2v) is 3.77. The molecule has 1 rings (SSSR count). The molecule has 0 saturated carbocycles. The minimum atomic E-state index is 0.0110. The van der Waals surface area contributed by atoms with Gasteiger partial charge in [-0.3, -0.25) is 0 Å². The summed E-state index contributed by atoms with van der Waals surface area (Å²) in [6, 6.07) is 0. The maximum atomic E-state index is 5.21. The van der Waals surface area contributed by atoms with Crippen LogP contribution in [0.25, 0.3) is 0 Å². The molecule has 84 valence electrons. The van der Waals surface area contributed by atoms with Crippen LogP contribution in [0, 0.1) is 0 Å². The Morgan fingerprint density at radius 1 is 1.53 bits per heavy atom. The number of halogens is 1. The Morgan fingerprint density at radius 2 is 2.33 bits per heavy atom. The molecular formula is C9H14BrN3O2. The monoisotopic (exact) mass is 275 g/mol. The van der Waals surface area contributed by atoms with Crippen molar-refractivity contribution in [2.24, 2.45) is 0 Å². The van der Waals surface area contributed by atoms with E-state index in [1.807, 2.05) is 0 Å². The van der Waals surface area contributed by atoms with Crippen molar-refractivity contribution in [1.29, 1.82) is 0 Å². The molecule has 0 aromatic carbocycles. The lowest BCUT2D eigenvalue weighted by atomic mass is 10.3. The van der Waals surface area contributed by atoms with Crippen molar-refractivity contribution < 1.29 is 9.47 Å². The molecule has 0 saturated heterocycles. The summed E-state index contributed by atoms with van der Waals surface area (Å²) < 4.78 is 11.0. The number of aromatic nitrogens is 2. The number of anilines is 1. The Kier molecular flexibility index (Phi) is 5.52. The molecule has 5 nitrogen and oxygen atoms in total. The zero-order valence-electron chi connectivity index (χ0n) is 8.74. The summed E-state index contributed by atoms with van der Waals surface area (Å²) in [6.07, 6.45) is 3.19. The Bertz CT molecular complexity index is 298. The summed E-state index contributed by atoms with van der Waals surface area (Å²) in [4.78, 5) is 7.95. The maximum Gasteiger partial charge on any atom is 0.143 e. The van der Waals surface area contributed by atoms with Crippen molar-refractivity contribution in [2.75, 3.05) is 32.7 Å². The van der Waals surface area contributed by atoms with Gasteiger partial charge in [-0.1, -0.05) is 0 Å². The lowest BCUT2D eigenvalue weighted by molar-refractivity contribution is 0.0365. The van der Waals surface area contributed by atoms with Crippen LogP contribution in [0.4, 0.5) is 5.82 Å². The molecule has 0 radical (unpaired) electrons. The van der Waals surface area contributed by atoms with Crippen LogP contribution in [0.5, 0.6) is 0 Å². The van der Waals surface area contributed by atoms with Crippen LogP contribution in [-0.4, -0.2) is 43.4 Å². The van der Waals surface area contributed by atoms with Gasteiger partial charge >= 0.3 is 0 Å². The van der Waals surface area contributed by atoms with Crippen LogP contribution in [-0.2, 0) is 9.47 Å². The van der Waals surface area contributed by atoms with Crippen LogP contribution in [0.2, 0.25) is 0 Å². The Hall–Kier alpha value is -0.720. The number of nitrogens with zero attached hydrogens (tertiary/aromatic N) is 2. The average Bonchev–Trinajstić information content (AvgIpc) is 2.26. The number of nitrogens with one attached hydrogen (secondary N) is 1. The summed E-state index contributed by atoms with van der Waals surface area (Å²) >= 11 is 3.35. The number of hydrogen-bond donors (Lipinski definition) is 1. The number of rotatable bonds is 6. The van der Waals surface area contributed by atoms with Gasteiger partial charge in [-0.25, -0.2) is 9.97 Å².